The van der Waals surface area contributed by atoms with E-state index in [0.717, 1.165) is 33.6 Å². The molecule has 0 radical (unpaired) electrons. The van der Waals surface area contributed by atoms with Crippen LogP contribution in [0.5, 0.6) is 0 Å². The molecule has 4 aromatic rings. The number of hydrogen-bond donors (Lipinski definition) is 1. The number of para-hydroxylation sites is 1. The van der Waals surface area contributed by atoms with Crippen LogP contribution in [0, 0.1) is 11.6 Å². The molecule has 32 heavy (non-hydrogen) atoms. The number of nitrogens with zero attached hydrogens (tertiary/aromatic N) is 2. The first-order valence-electron chi connectivity index (χ1n) is 9.84. The quantitative estimate of drug-likeness (QED) is 0.489. The zero-order valence-electron chi connectivity index (χ0n) is 17.3. The molecule has 0 atom stereocenters. The van der Waals surface area contributed by atoms with Gasteiger partial charge in [-0.2, -0.15) is 0 Å². The van der Waals surface area contributed by atoms with Crippen molar-refractivity contribution in [2.24, 2.45) is 0 Å². The average Bonchev–Trinajstić information content (AvgIpc) is 3.21. The Hall–Kier alpha value is -3.59. The fourth-order valence-electron chi connectivity index (χ4n) is 3.58. The molecule has 9 heteroatoms. The number of aromatic nitrogens is 2. The van der Waals surface area contributed by atoms with Gasteiger partial charge < -0.3 is 5.32 Å². The van der Waals surface area contributed by atoms with Gasteiger partial charge in [0.05, 0.1) is 11.2 Å². The Kier molecular flexibility index (Phi) is 5.75. The van der Waals surface area contributed by atoms with E-state index in [9.17, 15) is 23.2 Å². The zero-order valence-corrected chi connectivity index (χ0v) is 18.1. The molecular weight excluding hydrogens is 436 g/mol. The lowest BCUT2D eigenvalue weighted by Crippen LogP contribution is -2.40. The number of hydrogen-bond acceptors (Lipinski definition) is 4. The molecule has 0 fully saturated rings. The Morgan fingerprint density at radius 2 is 1.75 bits per heavy atom. The van der Waals surface area contributed by atoms with Crippen LogP contribution in [0.2, 0.25) is 0 Å². The van der Waals surface area contributed by atoms with Crippen LogP contribution >= 0.6 is 11.3 Å². The number of halogens is 2. The van der Waals surface area contributed by atoms with Gasteiger partial charge in [-0.15, -0.1) is 11.3 Å². The van der Waals surface area contributed by atoms with Gasteiger partial charge in [-0.1, -0.05) is 32.0 Å². The molecule has 2 aromatic carbocycles. The number of carbonyl (C=O) groups is 1. The van der Waals surface area contributed by atoms with Crippen molar-refractivity contribution in [3.05, 3.63) is 91.9 Å². The molecule has 1 N–H and O–H groups in total. The highest BCUT2D eigenvalue weighted by Gasteiger charge is 2.19. The van der Waals surface area contributed by atoms with E-state index in [0.29, 0.717) is 16.3 Å². The van der Waals surface area contributed by atoms with Crippen molar-refractivity contribution < 1.29 is 13.6 Å². The van der Waals surface area contributed by atoms with Crippen LogP contribution in [-0.2, 0) is 11.3 Å². The highest BCUT2D eigenvalue weighted by Crippen LogP contribution is 2.24. The average molecular weight is 455 g/mol. The highest BCUT2D eigenvalue weighted by molar-refractivity contribution is 7.17. The Labute approximate surface area is 185 Å². The molecule has 0 spiro atoms. The molecule has 164 valence electrons. The minimum absolute atomic E-state index is 0.169. The lowest BCUT2D eigenvalue weighted by atomic mass is 10.0. The van der Waals surface area contributed by atoms with E-state index in [1.807, 2.05) is 26.0 Å². The molecule has 6 nitrogen and oxygen atoms in total. The third-order valence-corrected chi connectivity index (χ3v) is 5.91. The standard InChI is InChI=1S/C23H19F2N3O3S/c1-13(2)17-5-3-4-6-18(17)26-20(29)12-27-19-7-8-32-21(19)22(30)28(23(27)31)16-10-14(24)9-15(25)11-16/h3-11,13H,12H2,1-2H3,(H,26,29). The Balaban J connectivity index is 1.80. The van der Waals surface area contributed by atoms with E-state index < -0.39 is 28.8 Å². The van der Waals surface area contributed by atoms with Gasteiger partial charge >= 0.3 is 5.69 Å². The van der Waals surface area contributed by atoms with Crippen LogP contribution in [0.4, 0.5) is 14.5 Å². The molecule has 2 aromatic heterocycles. The summed E-state index contributed by atoms with van der Waals surface area (Å²) in [5.41, 5.74) is 0.0410. The van der Waals surface area contributed by atoms with E-state index in [2.05, 4.69) is 5.32 Å². The van der Waals surface area contributed by atoms with Crippen molar-refractivity contribution in [3.8, 4) is 5.69 Å². The SMILES string of the molecule is CC(C)c1ccccc1NC(=O)Cn1c(=O)n(-c2cc(F)cc(F)c2)c(=O)c2sccc21. The summed E-state index contributed by atoms with van der Waals surface area (Å²) in [5.74, 6) is -2.15. The van der Waals surface area contributed by atoms with Crippen LogP contribution in [0.3, 0.4) is 0 Å². The predicted molar refractivity (Wildman–Crippen MR) is 121 cm³/mol. The van der Waals surface area contributed by atoms with E-state index in [1.165, 1.54) is 0 Å². The molecule has 2 heterocycles. The Bertz CT molecular complexity index is 1430. The van der Waals surface area contributed by atoms with Gasteiger partial charge in [-0.05, 0) is 41.1 Å². The van der Waals surface area contributed by atoms with Gasteiger partial charge in [0.1, 0.15) is 22.9 Å². The second-order valence-corrected chi connectivity index (χ2v) is 8.48. The smallest absolute Gasteiger partial charge is 0.324 e. The molecule has 0 aliphatic heterocycles. The maximum atomic E-state index is 13.8. The largest absolute Gasteiger partial charge is 0.336 e. The first kappa shape index (κ1) is 21.6. The molecule has 4 rings (SSSR count). The summed E-state index contributed by atoms with van der Waals surface area (Å²) in [4.78, 5) is 38.9. The number of benzene rings is 2. The van der Waals surface area contributed by atoms with Crippen LogP contribution in [0.15, 0.2) is 63.5 Å². The monoisotopic (exact) mass is 455 g/mol. The highest BCUT2D eigenvalue weighted by atomic mass is 32.1. The van der Waals surface area contributed by atoms with Crippen LogP contribution in [0.25, 0.3) is 15.9 Å². The molecule has 0 unspecified atom stereocenters. The number of rotatable bonds is 5. The van der Waals surface area contributed by atoms with Crippen molar-refractivity contribution in [2.45, 2.75) is 26.3 Å². The maximum Gasteiger partial charge on any atom is 0.336 e. The topological polar surface area (TPSA) is 73.1 Å². The summed E-state index contributed by atoms with van der Waals surface area (Å²) >= 11 is 1.08. The van der Waals surface area contributed by atoms with Crippen molar-refractivity contribution in [1.82, 2.24) is 9.13 Å². The minimum atomic E-state index is -0.924. The lowest BCUT2D eigenvalue weighted by Gasteiger charge is -2.15. The van der Waals surface area contributed by atoms with Gasteiger partial charge in [0.2, 0.25) is 5.91 Å². The van der Waals surface area contributed by atoms with E-state index in [4.69, 9.17) is 0 Å². The molecule has 1 amide bonds. The van der Waals surface area contributed by atoms with E-state index in [1.54, 1.807) is 23.6 Å². The van der Waals surface area contributed by atoms with Gasteiger partial charge in [-0.25, -0.2) is 18.1 Å². The van der Waals surface area contributed by atoms with Crippen LogP contribution < -0.4 is 16.6 Å². The van der Waals surface area contributed by atoms with Gasteiger partial charge in [0, 0.05) is 11.8 Å². The van der Waals surface area contributed by atoms with Crippen LogP contribution in [0.1, 0.15) is 25.3 Å². The molecule has 0 saturated heterocycles. The van der Waals surface area contributed by atoms with E-state index in [-0.39, 0.29) is 28.4 Å². The predicted octanol–water partition coefficient (Wildman–Crippen LogP) is 4.25. The van der Waals surface area contributed by atoms with Crippen molar-refractivity contribution in [1.29, 1.82) is 0 Å². The molecule has 0 bridgehead atoms. The molecular formula is C23H19F2N3O3S. The van der Waals surface area contributed by atoms with Gasteiger partial charge in [0.25, 0.3) is 5.56 Å². The fourth-order valence-corrected chi connectivity index (χ4v) is 4.41. The lowest BCUT2D eigenvalue weighted by molar-refractivity contribution is -0.116. The number of nitrogens with one attached hydrogen (secondary N) is 1. The number of amides is 1. The van der Waals surface area contributed by atoms with Crippen molar-refractivity contribution in [2.75, 3.05) is 5.32 Å². The minimum Gasteiger partial charge on any atom is -0.324 e. The van der Waals surface area contributed by atoms with Gasteiger partial charge in [-0.3, -0.25) is 14.2 Å². The summed E-state index contributed by atoms with van der Waals surface area (Å²) < 4.78 is 29.5. The summed E-state index contributed by atoms with van der Waals surface area (Å²) in [6.07, 6.45) is 0. The second kappa shape index (κ2) is 8.51. The van der Waals surface area contributed by atoms with Gasteiger partial charge in [0.15, 0.2) is 0 Å². The Morgan fingerprint density at radius 3 is 2.44 bits per heavy atom. The normalized spacial score (nSPS) is 11.3. The summed E-state index contributed by atoms with van der Waals surface area (Å²) in [7, 11) is 0. The second-order valence-electron chi connectivity index (χ2n) is 7.56. The Morgan fingerprint density at radius 1 is 1.06 bits per heavy atom. The number of carbonyl (C=O) groups excluding carboxylic acids is 1. The zero-order chi connectivity index (χ0) is 23.0. The fraction of sp³-hybridized carbons (Fsp3) is 0.174. The maximum absolute atomic E-state index is 13.8. The third-order valence-electron chi connectivity index (χ3n) is 5.02. The molecule has 0 saturated carbocycles. The number of thiophene rings is 1. The first-order chi connectivity index (χ1) is 15.3. The molecule has 0 aliphatic carbocycles. The molecule has 0 aliphatic rings. The van der Waals surface area contributed by atoms with E-state index >= 15 is 0 Å². The summed E-state index contributed by atoms with van der Waals surface area (Å²) in [6.45, 7) is 3.62. The van der Waals surface area contributed by atoms with Crippen molar-refractivity contribution in [3.63, 3.8) is 0 Å². The first-order valence-corrected chi connectivity index (χ1v) is 10.7. The number of anilines is 1. The number of fused-ring (bicyclic) bond motifs is 1. The summed E-state index contributed by atoms with van der Waals surface area (Å²) in [6, 6.07) is 11.4. The van der Waals surface area contributed by atoms with Crippen molar-refractivity contribution >= 4 is 33.1 Å². The van der Waals surface area contributed by atoms with Crippen LogP contribution in [-0.4, -0.2) is 15.0 Å². The summed E-state index contributed by atoms with van der Waals surface area (Å²) in [5, 5.41) is 4.43. The third kappa shape index (κ3) is 3.99.